The van der Waals surface area contributed by atoms with Crippen molar-refractivity contribution in [2.75, 3.05) is 0 Å². The maximum Gasteiger partial charge on any atom is 0.0724 e. The second-order valence-electron chi connectivity index (χ2n) is 4.31. The van der Waals surface area contributed by atoms with Crippen LogP contribution >= 0.6 is 0 Å². The molecule has 2 rings (SSSR count). The summed E-state index contributed by atoms with van der Waals surface area (Å²) in [4.78, 5) is 0. The SMILES string of the molecule is C#CC[C@@]12CCCC1=C[C@H](O)CC2. The molecule has 0 spiro atoms. The number of hydrogen-bond donors (Lipinski definition) is 1. The van der Waals surface area contributed by atoms with Crippen LogP contribution in [0.2, 0.25) is 0 Å². The van der Waals surface area contributed by atoms with Gasteiger partial charge in [0.1, 0.15) is 0 Å². The first-order valence-electron chi connectivity index (χ1n) is 5.09. The Morgan fingerprint density at radius 2 is 2.46 bits per heavy atom. The summed E-state index contributed by atoms with van der Waals surface area (Å²) >= 11 is 0. The fourth-order valence-corrected chi connectivity index (χ4v) is 2.81. The topological polar surface area (TPSA) is 20.2 Å². The van der Waals surface area contributed by atoms with Gasteiger partial charge in [0.25, 0.3) is 0 Å². The smallest absolute Gasteiger partial charge is 0.0724 e. The van der Waals surface area contributed by atoms with Crippen molar-refractivity contribution in [2.24, 2.45) is 5.41 Å². The highest BCUT2D eigenvalue weighted by molar-refractivity contribution is 5.25. The first-order chi connectivity index (χ1) is 6.27. The maximum atomic E-state index is 9.51. The van der Waals surface area contributed by atoms with Crippen LogP contribution < -0.4 is 0 Å². The minimum absolute atomic E-state index is 0.209. The molecule has 0 saturated heterocycles. The second kappa shape index (κ2) is 3.20. The summed E-state index contributed by atoms with van der Waals surface area (Å²) in [6.07, 6.45) is 13.7. The number of aliphatic hydroxyl groups is 1. The van der Waals surface area contributed by atoms with Crippen LogP contribution in [0.15, 0.2) is 11.6 Å². The Balaban J connectivity index is 2.27. The molecule has 0 heterocycles. The first-order valence-corrected chi connectivity index (χ1v) is 5.09. The molecule has 0 aliphatic heterocycles. The molecule has 1 fully saturated rings. The Kier molecular flexibility index (Phi) is 2.17. The number of fused-ring (bicyclic) bond motifs is 1. The molecule has 2 aliphatic carbocycles. The zero-order valence-corrected chi connectivity index (χ0v) is 7.92. The van der Waals surface area contributed by atoms with E-state index < -0.39 is 0 Å². The number of hydrogen-bond acceptors (Lipinski definition) is 1. The Morgan fingerprint density at radius 1 is 1.62 bits per heavy atom. The monoisotopic (exact) mass is 176 g/mol. The van der Waals surface area contributed by atoms with Crippen molar-refractivity contribution in [2.45, 2.75) is 44.6 Å². The lowest BCUT2D eigenvalue weighted by Crippen LogP contribution is -2.25. The van der Waals surface area contributed by atoms with Crippen LogP contribution in [0.1, 0.15) is 38.5 Å². The zero-order valence-electron chi connectivity index (χ0n) is 7.92. The fourth-order valence-electron chi connectivity index (χ4n) is 2.81. The third-order valence-corrected chi connectivity index (χ3v) is 3.54. The summed E-state index contributed by atoms with van der Waals surface area (Å²) in [7, 11) is 0. The van der Waals surface area contributed by atoms with Crippen LogP contribution in [0, 0.1) is 17.8 Å². The van der Waals surface area contributed by atoms with E-state index in [0.29, 0.717) is 0 Å². The third-order valence-electron chi connectivity index (χ3n) is 3.54. The van der Waals surface area contributed by atoms with Gasteiger partial charge in [0.2, 0.25) is 0 Å². The van der Waals surface area contributed by atoms with Gasteiger partial charge in [-0.1, -0.05) is 11.6 Å². The van der Waals surface area contributed by atoms with Gasteiger partial charge in [-0.3, -0.25) is 0 Å². The van der Waals surface area contributed by atoms with Crippen molar-refractivity contribution in [3.63, 3.8) is 0 Å². The van der Waals surface area contributed by atoms with E-state index in [1.165, 1.54) is 18.4 Å². The highest BCUT2D eigenvalue weighted by atomic mass is 16.3. The fraction of sp³-hybridized carbons (Fsp3) is 0.667. The number of rotatable bonds is 1. The molecule has 0 aromatic heterocycles. The maximum absolute atomic E-state index is 9.51. The van der Waals surface area contributed by atoms with Crippen LogP contribution in [0.3, 0.4) is 0 Å². The largest absolute Gasteiger partial charge is 0.389 e. The highest BCUT2D eigenvalue weighted by Gasteiger charge is 2.40. The van der Waals surface area contributed by atoms with Gasteiger partial charge in [0.15, 0.2) is 0 Å². The van der Waals surface area contributed by atoms with E-state index in [2.05, 4.69) is 5.92 Å². The molecular weight excluding hydrogens is 160 g/mol. The zero-order chi connectivity index (χ0) is 9.31. The minimum Gasteiger partial charge on any atom is -0.389 e. The van der Waals surface area contributed by atoms with Gasteiger partial charge < -0.3 is 5.11 Å². The van der Waals surface area contributed by atoms with Gasteiger partial charge in [-0.25, -0.2) is 0 Å². The molecule has 70 valence electrons. The van der Waals surface area contributed by atoms with Gasteiger partial charge >= 0.3 is 0 Å². The Bertz CT molecular complexity index is 271. The average Bonchev–Trinajstić information content (AvgIpc) is 2.49. The Hall–Kier alpha value is -0.740. The van der Waals surface area contributed by atoms with Gasteiger partial charge in [-0.15, -0.1) is 12.3 Å². The van der Waals surface area contributed by atoms with E-state index in [9.17, 15) is 5.11 Å². The molecule has 2 aliphatic rings. The highest BCUT2D eigenvalue weighted by Crippen LogP contribution is 2.51. The van der Waals surface area contributed by atoms with E-state index >= 15 is 0 Å². The van der Waals surface area contributed by atoms with Crippen molar-refractivity contribution in [1.82, 2.24) is 0 Å². The molecule has 0 aromatic rings. The van der Waals surface area contributed by atoms with Crippen molar-refractivity contribution in [3.8, 4) is 12.3 Å². The summed E-state index contributed by atoms with van der Waals surface area (Å²) in [5.74, 6) is 2.79. The standard InChI is InChI=1S/C12H16O/c1-2-6-12-7-3-4-10(12)9-11(13)5-8-12/h1,9,11,13H,3-8H2/t11-,12+/m1/s1. The summed E-state index contributed by atoms with van der Waals surface area (Å²) in [6, 6.07) is 0. The van der Waals surface area contributed by atoms with Crippen LogP contribution in [0.4, 0.5) is 0 Å². The average molecular weight is 176 g/mol. The normalized spacial score (nSPS) is 37.8. The Labute approximate surface area is 79.8 Å². The molecule has 1 nitrogen and oxygen atoms in total. The van der Waals surface area contributed by atoms with E-state index in [1.54, 1.807) is 0 Å². The molecule has 0 bridgehead atoms. The molecule has 1 N–H and O–H groups in total. The summed E-state index contributed by atoms with van der Waals surface area (Å²) in [5.41, 5.74) is 1.72. The quantitative estimate of drug-likeness (QED) is 0.480. The number of terminal acetylenes is 1. The second-order valence-corrected chi connectivity index (χ2v) is 4.31. The van der Waals surface area contributed by atoms with E-state index in [0.717, 1.165) is 25.7 Å². The molecule has 0 aromatic carbocycles. The van der Waals surface area contributed by atoms with Crippen molar-refractivity contribution >= 4 is 0 Å². The van der Waals surface area contributed by atoms with Gasteiger partial charge in [0, 0.05) is 11.8 Å². The predicted molar refractivity (Wildman–Crippen MR) is 53.1 cm³/mol. The number of allylic oxidation sites excluding steroid dienone is 1. The molecule has 0 radical (unpaired) electrons. The van der Waals surface area contributed by atoms with Crippen LogP contribution in [0.25, 0.3) is 0 Å². The van der Waals surface area contributed by atoms with Crippen molar-refractivity contribution in [1.29, 1.82) is 0 Å². The third kappa shape index (κ3) is 1.40. The summed E-state index contributed by atoms with van der Waals surface area (Å²) < 4.78 is 0. The predicted octanol–water partition coefficient (Wildman–Crippen LogP) is 2.26. The van der Waals surface area contributed by atoms with Crippen molar-refractivity contribution < 1.29 is 5.11 Å². The van der Waals surface area contributed by atoms with E-state index in [4.69, 9.17) is 6.42 Å². The van der Waals surface area contributed by atoms with Crippen LogP contribution in [0.5, 0.6) is 0 Å². The lowest BCUT2D eigenvalue weighted by molar-refractivity contribution is 0.166. The van der Waals surface area contributed by atoms with Gasteiger partial charge in [-0.05, 0) is 32.1 Å². The number of aliphatic hydroxyl groups excluding tert-OH is 1. The molecule has 13 heavy (non-hydrogen) atoms. The summed E-state index contributed by atoms with van der Waals surface area (Å²) in [5, 5.41) is 9.51. The molecule has 0 unspecified atom stereocenters. The van der Waals surface area contributed by atoms with Crippen LogP contribution in [-0.4, -0.2) is 11.2 Å². The molecular formula is C12H16O. The minimum atomic E-state index is -0.209. The van der Waals surface area contributed by atoms with E-state index in [1.807, 2.05) is 6.08 Å². The molecule has 1 heteroatoms. The lowest BCUT2D eigenvalue weighted by atomic mass is 9.71. The van der Waals surface area contributed by atoms with Gasteiger partial charge in [-0.2, -0.15) is 0 Å². The van der Waals surface area contributed by atoms with Crippen molar-refractivity contribution in [3.05, 3.63) is 11.6 Å². The first kappa shape index (κ1) is 8.84. The van der Waals surface area contributed by atoms with Gasteiger partial charge in [0.05, 0.1) is 6.10 Å². The van der Waals surface area contributed by atoms with E-state index in [-0.39, 0.29) is 11.5 Å². The molecule has 0 amide bonds. The van der Waals surface area contributed by atoms with Crippen LogP contribution in [-0.2, 0) is 0 Å². The summed E-state index contributed by atoms with van der Waals surface area (Å²) in [6.45, 7) is 0. The molecule has 1 saturated carbocycles. The lowest BCUT2D eigenvalue weighted by Gasteiger charge is -2.34. The molecule has 2 atom stereocenters. The Morgan fingerprint density at radius 3 is 3.23 bits per heavy atom.